The maximum absolute atomic E-state index is 5.30. The molecule has 0 bridgehead atoms. The van der Waals surface area contributed by atoms with Gasteiger partial charge in [-0.25, -0.2) is 9.97 Å². The number of rotatable bonds is 4. The van der Waals surface area contributed by atoms with Crippen LogP contribution in [0.5, 0.6) is 0 Å². The number of aromatic nitrogens is 3. The minimum absolute atomic E-state index is 0.709. The summed E-state index contributed by atoms with van der Waals surface area (Å²) >= 11 is 0. The molecule has 0 N–H and O–H groups in total. The first kappa shape index (κ1) is 27.5. The molecule has 3 heteroatoms. The van der Waals surface area contributed by atoms with Crippen LogP contribution in [0, 0.1) is 0 Å². The molecule has 0 spiro atoms. The summed E-state index contributed by atoms with van der Waals surface area (Å²) in [6.45, 7) is 0. The first-order chi connectivity index (χ1) is 24.3. The van der Waals surface area contributed by atoms with Crippen molar-refractivity contribution in [3.8, 4) is 39.5 Å². The highest BCUT2D eigenvalue weighted by Crippen LogP contribution is 2.41. The number of nitrogens with zero attached hydrogens (tertiary/aromatic N) is 3. The zero-order valence-corrected chi connectivity index (χ0v) is 26.6. The van der Waals surface area contributed by atoms with Crippen molar-refractivity contribution >= 4 is 54.3 Å². The van der Waals surface area contributed by atoms with Crippen LogP contribution in [-0.4, -0.2) is 14.5 Å². The molecule has 0 unspecified atom stereocenters. The fraction of sp³-hybridized carbons (Fsp3) is 0. The average Bonchev–Trinajstić information content (AvgIpc) is 3.52. The number of benzene rings is 8. The zero-order chi connectivity index (χ0) is 32.3. The predicted octanol–water partition coefficient (Wildman–Crippen LogP) is 12.0. The van der Waals surface area contributed by atoms with Crippen LogP contribution in [0.3, 0.4) is 0 Å². The van der Waals surface area contributed by atoms with E-state index in [0.29, 0.717) is 5.82 Å². The van der Waals surface area contributed by atoms with E-state index in [-0.39, 0.29) is 0 Å². The summed E-state index contributed by atoms with van der Waals surface area (Å²) in [5.41, 5.74) is 8.37. The lowest BCUT2D eigenvalue weighted by Crippen LogP contribution is -1.99. The Morgan fingerprint density at radius 3 is 1.47 bits per heavy atom. The van der Waals surface area contributed by atoms with E-state index in [1.807, 2.05) is 18.2 Å². The number of hydrogen-bond donors (Lipinski definition) is 0. The Kier molecular flexibility index (Phi) is 6.18. The summed E-state index contributed by atoms with van der Waals surface area (Å²) in [5, 5.41) is 9.82. The van der Waals surface area contributed by atoms with Gasteiger partial charge in [0.2, 0.25) is 0 Å². The highest BCUT2D eigenvalue weighted by molar-refractivity contribution is 6.26. The molecule has 0 amide bonds. The fourth-order valence-corrected chi connectivity index (χ4v) is 7.53. The van der Waals surface area contributed by atoms with Gasteiger partial charge < -0.3 is 0 Å². The van der Waals surface area contributed by atoms with E-state index < -0.39 is 0 Å². The molecule has 0 radical (unpaired) electrons. The molecule has 10 aromatic rings. The molecular formula is C46H29N3. The molecule has 0 aliphatic carbocycles. The van der Waals surface area contributed by atoms with E-state index >= 15 is 0 Å². The SMILES string of the molecule is c1ccc(-c2nc(-c3ccccc3)c3c4cc(-c5ccc6c7ccccc7c7ccccc7c6c5)ccc4n(-c4ccccc4)c3n2)cc1. The third kappa shape index (κ3) is 4.37. The van der Waals surface area contributed by atoms with Crippen LogP contribution in [0.2, 0.25) is 0 Å². The first-order valence-corrected chi connectivity index (χ1v) is 16.7. The van der Waals surface area contributed by atoms with E-state index in [9.17, 15) is 0 Å². The van der Waals surface area contributed by atoms with Crippen LogP contribution in [0.1, 0.15) is 0 Å². The number of hydrogen-bond acceptors (Lipinski definition) is 2. The molecule has 0 atom stereocenters. The molecule has 2 heterocycles. The van der Waals surface area contributed by atoms with Gasteiger partial charge in [0, 0.05) is 22.2 Å². The molecule has 3 nitrogen and oxygen atoms in total. The molecule has 228 valence electrons. The molecule has 2 aromatic heterocycles. The standard InChI is InChI=1S/C46H29N3/c1-4-14-30(15-5-1)44-43-41-29-33(32-24-26-39-37-22-11-10-20-35(37)36-21-12-13-23-38(36)40(39)28-32)25-27-42(41)49(34-18-8-3-9-19-34)46(43)48-45(47-44)31-16-6-2-7-17-31/h1-29H. The van der Waals surface area contributed by atoms with Crippen molar-refractivity contribution in [1.29, 1.82) is 0 Å². The minimum Gasteiger partial charge on any atom is -0.294 e. The maximum atomic E-state index is 5.30. The van der Waals surface area contributed by atoms with Gasteiger partial charge in [-0.05, 0) is 73.8 Å². The lowest BCUT2D eigenvalue weighted by atomic mass is 9.92. The Labute approximate surface area is 283 Å². The lowest BCUT2D eigenvalue weighted by molar-refractivity contribution is 1.11. The van der Waals surface area contributed by atoms with E-state index in [0.717, 1.165) is 50.0 Å². The van der Waals surface area contributed by atoms with Crippen LogP contribution in [0.15, 0.2) is 176 Å². The predicted molar refractivity (Wildman–Crippen MR) is 205 cm³/mol. The van der Waals surface area contributed by atoms with Crippen molar-refractivity contribution in [1.82, 2.24) is 14.5 Å². The van der Waals surface area contributed by atoms with Gasteiger partial charge in [-0.3, -0.25) is 4.57 Å². The van der Waals surface area contributed by atoms with E-state index in [2.05, 4.69) is 162 Å². The van der Waals surface area contributed by atoms with Gasteiger partial charge in [-0.15, -0.1) is 0 Å². The number of para-hydroxylation sites is 1. The van der Waals surface area contributed by atoms with Crippen LogP contribution >= 0.6 is 0 Å². The quantitative estimate of drug-likeness (QED) is 0.183. The Morgan fingerprint density at radius 2 is 0.837 bits per heavy atom. The molecule has 0 aliphatic heterocycles. The molecule has 0 fully saturated rings. The summed E-state index contributed by atoms with van der Waals surface area (Å²) < 4.78 is 2.29. The monoisotopic (exact) mass is 623 g/mol. The van der Waals surface area contributed by atoms with Gasteiger partial charge in [0.05, 0.1) is 16.6 Å². The summed E-state index contributed by atoms with van der Waals surface area (Å²) in [6, 6.07) is 62.6. The summed E-state index contributed by atoms with van der Waals surface area (Å²) in [5.74, 6) is 0.709. The normalized spacial score (nSPS) is 11.7. The van der Waals surface area contributed by atoms with Gasteiger partial charge in [0.25, 0.3) is 0 Å². The molecule has 49 heavy (non-hydrogen) atoms. The molecule has 10 rings (SSSR count). The van der Waals surface area contributed by atoms with Crippen molar-refractivity contribution < 1.29 is 0 Å². The van der Waals surface area contributed by atoms with Crippen molar-refractivity contribution in [2.24, 2.45) is 0 Å². The van der Waals surface area contributed by atoms with Crippen LogP contribution in [-0.2, 0) is 0 Å². The second kappa shape index (κ2) is 11.0. The number of fused-ring (bicyclic) bond motifs is 9. The molecule has 0 aliphatic rings. The van der Waals surface area contributed by atoms with E-state index in [1.54, 1.807) is 0 Å². The van der Waals surface area contributed by atoms with Crippen molar-refractivity contribution in [3.63, 3.8) is 0 Å². The van der Waals surface area contributed by atoms with Gasteiger partial charge in [0.1, 0.15) is 5.65 Å². The van der Waals surface area contributed by atoms with Crippen LogP contribution in [0.25, 0.3) is 93.7 Å². The fourth-order valence-electron chi connectivity index (χ4n) is 7.53. The zero-order valence-electron chi connectivity index (χ0n) is 26.6. The van der Waals surface area contributed by atoms with Gasteiger partial charge in [0.15, 0.2) is 5.82 Å². The second-order valence-corrected chi connectivity index (χ2v) is 12.6. The molecule has 0 saturated heterocycles. The highest BCUT2D eigenvalue weighted by atomic mass is 15.1. The summed E-state index contributed by atoms with van der Waals surface area (Å²) in [4.78, 5) is 10.6. The topological polar surface area (TPSA) is 30.7 Å². The third-order valence-corrected chi connectivity index (χ3v) is 9.78. The Morgan fingerprint density at radius 1 is 0.347 bits per heavy atom. The lowest BCUT2D eigenvalue weighted by Gasteiger charge is -2.12. The smallest absolute Gasteiger partial charge is 0.162 e. The van der Waals surface area contributed by atoms with Gasteiger partial charge >= 0.3 is 0 Å². The second-order valence-electron chi connectivity index (χ2n) is 12.6. The van der Waals surface area contributed by atoms with Crippen molar-refractivity contribution in [2.75, 3.05) is 0 Å². The largest absolute Gasteiger partial charge is 0.294 e. The maximum Gasteiger partial charge on any atom is 0.162 e. The minimum atomic E-state index is 0.709. The van der Waals surface area contributed by atoms with E-state index in [4.69, 9.17) is 9.97 Å². The first-order valence-electron chi connectivity index (χ1n) is 16.7. The average molecular weight is 624 g/mol. The molecule has 0 saturated carbocycles. The van der Waals surface area contributed by atoms with Crippen molar-refractivity contribution in [2.45, 2.75) is 0 Å². The summed E-state index contributed by atoms with van der Waals surface area (Å²) in [7, 11) is 0. The van der Waals surface area contributed by atoms with Gasteiger partial charge in [-0.1, -0.05) is 146 Å². The molecular weight excluding hydrogens is 595 g/mol. The Hall–Kier alpha value is -6.58. The summed E-state index contributed by atoms with van der Waals surface area (Å²) in [6.07, 6.45) is 0. The Bertz CT molecular complexity index is 2820. The van der Waals surface area contributed by atoms with Gasteiger partial charge in [-0.2, -0.15) is 0 Å². The van der Waals surface area contributed by atoms with Crippen molar-refractivity contribution in [3.05, 3.63) is 176 Å². The molecule has 8 aromatic carbocycles. The third-order valence-electron chi connectivity index (χ3n) is 9.78. The Balaban J connectivity index is 1.29. The van der Waals surface area contributed by atoms with Crippen LogP contribution in [0.4, 0.5) is 0 Å². The van der Waals surface area contributed by atoms with E-state index in [1.165, 1.54) is 37.9 Å². The highest BCUT2D eigenvalue weighted by Gasteiger charge is 2.21. The van der Waals surface area contributed by atoms with Crippen LogP contribution < -0.4 is 0 Å².